The van der Waals surface area contributed by atoms with Crippen molar-refractivity contribution >= 4 is 29.7 Å². The van der Waals surface area contributed by atoms with Crippen LogP contribution >= 0.6 is 23.7 Å². The largest absolute Gasteiger partial charge is 0.412 e. The van der Waals surface area contributed by atoms with Crippen LogP contribution in [0.15, 0.2) is 16.8 Å². The molecular weight excluding hydrogens is 265 g/mol. The van der Waals surface area contributed by atoms with Crippen LogP contribution in [-0.2, 0) is 11.3 Å². The van der Waals surface area contributed by atoms with Crippen LogP contribution in [0.1, 0.15) is 5.56 Å². The molecule has 1 heterocycles. The third kappa shape index (κ3) is 4.38. The monoisotopic (exact) mass is 274 g/mol. The van der Waals surface area contributed by atoms with E-state index in [2.05, 4.69) is 5.32 Å². The Morgan fingerprint density at radius 3 is 2.62 bits per heavy atom. The van der Waals surface area contributed by atoms with Gasteiger partial charge in [-0.2, -0.15) is 24.5 Å². The van der Waals surface area contributed by atoms with E-state index in [-0.39, 0.29) is 19.0 Å². The first-order valence-corrected chi connectivity index (χ1v) is 4.96. The van der Waals surface area contributed by atoms with Gasteiger partial charge in [0.15, 0.2) is 6.04 Å². The quantitative estimate of drug-likeness (QED) is 0.881. The first-order valence-electron chi connectivity index (χ1n) is 4.02. The Labute approximate surface area is 100 Å². The van der Waals surface area contributed by atoms with E-state index in [0.29, 0.717) is 0 Å². The van der Waals surface area contributed by atoms with E-state index in [1.807, 2.05) is 0 Å². The van der Waals surface area contributed by atoms with Gasteiger partial charge in [0.25, 0.3) is 0 Å². The van der Waals surface area contributed by atoms with Gasteiger partial charge in [-0.1, -0.05) is 0 Å². The molecule has 3 N–H and O–H groups in total. The lowest BCUT2D eigenvalue weighted by atomic mass is 10.2. The maximum atomic E-state index is 12.0. The van der Waals surface area contributed by atoms with E-state index in [4.69, 9.17) is 5.73 Å². The molecule has 1 aromatic heterocycles. The van der Waals surface area contributed by atoms with Crippen LogP contribution in [0.5, 0.6) is 0 Å². The number of nitrogens with two attached hydrogens (primary N) is 1. The Kier molecular flexibility index (Phi) is 5.77. The summed E-state index contributed by atoms with van der Waals surface area (Å²) < 4.78 is 35.9. The van der Waals surface area contributed by atoms with E-state index < -0.39 is 18.1 Å². The standard InChI is InChI=1S/C8H9F3N2OS.ClH/c9-8(10,11)6(12)7(14)13-3-5-1-2-15-4-5;/h1-2,4,6H,3,12H2,(H,13,14);1H. The molecule has 1 unspecified atom stereocenters. The number of hydrogen-bond donors (Lipinski definition) is 2. The molecule has 0 aromatic carbocycles. The fourth-order valence-corrected chi connectivity index (χ4v) is 1.51. The number of carbonyl (C=O) groups excluding carboxylic acids is 1. The summed E-state index contributed by atoms with van der Waals surface area (Å²) in [6.45, 7) is 0.0616. The van der Waals surface area contributed by atoms with Gasteiger partial charge in [0.2, 0.25) is 5.91 Å². The van der Waals surface area contributed by atoms with Crippen molar-refractivity contribution in [3.05, 3.63) is 22.4 Å². The van der Waals surface area contributed by atoms with E-state index >= 15 is 0 Å². The zero-order chi connectivity index (χ0) is 11.5. The number of alkyl halides is 3. The molecule has 0 spiro atoms. The topological polar surface area (TPSA) is 55.1 Å². The minimum atomic E-state index is -4.70. The van der Waals surface area contributed by atoms with E-state index in [9.17, 15) is 18.0 Å². The van der Waals surface area contributed by atoms with Gasteiger partial charge in [-0.15, -0.1) is 12.4 Å². The Hall–Kier alpha value is -0.790. The Morgan fingerprint density at radius 1 is 1.56 bits per heavy atom. The zero-order valence-corrected chi connectivity index (χ0v) is 9.59. The predicted octanol–water partition coefficient (Wildman–Crippen LogP) is 1.68. The van der Waals surface area contributed by atoms with Gasteiger partial charge in [-0.05, 0) is 22.4 Å². The third-order valence-corrected chi connectivity index (χ3v) is 2.41. The molecular formula is C8H10ClF3N2OS. The number of thiophene rings is 1. The SMILES string of the molecule is Cl.NC(C(=O)NCc1ccsc1)C(F)(F)F. The fourth-order valence-electron chi connectivity index (χ4n) is 0.841. The van der Waals surface area contributed by atoms with Crippen molar-refractivity contribution in [2.75, 3.05) is 0 Å². The molecule has 0 bridgehead atoms. The van der Waals surface area contributed by atoms with Crippen molar-refractivity contribution < 1.29 is 18.0 Å². The van der Waals surface area contributed by atoms with E-state index in [0.717, 1.165) is 5.56 Å². The predicted molar refractivity (Wildman–Crippen MR) is 57.4 cm³/mol. The minimum Gasteiger partial charge on any atom is -0.350 e. The van der Waals surface area contributed by atoms with Crippen LogP contribution in [0.4, 0.5) is 13.2 Å². The molecule has 1 rings (SSSR count). The molecule has 0 aliphatic rings. The molecule has 1 amide bonds. The van der Waals surface area contributed by atoms with Crippen LogP contribution in [0, 0.1) is 0 Å². The fraction of sp³-hybridized carbons (Fsp3) is 0.375. The average molecular weight is 275 g/mol. The first kappa shape index (κ1) is 15.2. The second-order valence-corrected chi connectivity index (χ2v) is 3.65. The smallest absolute Gasteiger partial charge is 0.350 e. The molecule has 1 atom stereocenters. The van der Waals surface area contributed by atoms with Gasteiger partial charge in [0.1, 0.15) is 0 Å². The van der Waals surface area contributed by atoms with Crippen molar-refractivity contribution in [1.29, 1.82) is 0 Å². The van der Waals surface area contributed by atoms with Crippen molar-refractivity contribution in [1.82, 2.24) is 5.32 Å². The summed E-state index contributed by atoms with van der Waals surface area (Å²) in [5.74, 6) is -1.21. The average Bonchev–Trinajstić information content (AvgIpc) is 2.63. The molecule has 0 saturated heterocycles. The maximum Gasteiger partial charge on any atom is 0.412 e. The number of hydrogen-bond acceptors (Lipinski definition) is 3. The minimum absolute atomic E-state index is 0. The number of halogens is 4. The van der Waals surface area contributed by atoms with Gasteiger partial charge in [0, 0.05) is 6.54 Å². The zero-order valence-electron chi connectivity index (χ0n) is 7.95. The van der Waals surface area contributed by atoms with E-state index in [1.165, 1.54) is 11.3 Å². The van der Waals surface area contributed by atoms with Gasteiger partial charge in [-0.25, -0.2) is 0 Å². The molecule has 3 nitrogen and oxygen atoms in total. The highest BCUT2D eigenvalue weighted by Gasteiger charge is 2.41. The van der Waals surface area contributed by atoms with Crippen molar-refractivity contribution in [2.45, 2.75) is 18.8 Å². The Bertz CT molecular complexity index is 329. The maximum absolute atomic E-state index is 12.0. The highest BCUT2D eigenvalue weighted by Crippen LogP contribution is 2.18. The molecule has 0 saturated carbocycles. The lowest BCUT2D eigenvalue weighted by molar-refractivity contribution is -0.162. The Balaban J connectivity index is 0.00000225. The number of rotatable bonds is 3. The molecule has 1 aromatic rings. The number of nitrogens with one attached hydrogen (secondary N) is 1. The molecule has 92 valence electrons. The first-order chi connectivity index (χ1) is 6.91. The van der Waals surface area contributed by atoms with E-state index in [1.54, 1.807) is 16.8 Å². The highest BCUT2D eigenvalue weighted by molar-refractivity contribution is 7.07. The summed E-state index contributed by atoms with van der Waals surface area (Å²) in [7, 11) is 0. The Morgan fingerprint density at radius 2 is 2.19 bits per heavy atom. The van der Waals surface area contributed by atoms with Gasteiger partial charge in [-0.3, -0.25) is 4.79 Å². The molecule has 0 radical (unpaired) electrons. The summed E-state index contributed by atoms with van der Waals surface area (Å²) >= 11 is 1.40. The number of carbonyl (C=O) groups is 1. The van der Waals surface area contributed by atoms with Gasteiger partial charge >= 0.3 is 6.18 Å². The van der Waals surface area contributed by atoms with Crippen LogP contribution in [0.25, 0.3) is 0 Å². The summed E-state index contributed by atoms with van der Waals surface area (Å²) in [5, 5.41) is 5.62. The van der Waals surface area contributed by atoms with Crippen LogP contribution < -0.4 is 11.1 Å². The second-order valence-electron chi connectivity index (χ2n) is 2.87. The summed E-state index contributed by atoms with van der Waals surface area (Å²) in [5.41, 5.74) is 5.45. The van der Waals surface area contributed by atoms with Crippen molar-refractivity contribution in [3.8, 4) is 0 Å². The number of amides is 1. The van der Waals surface area contributed by atoms with Gasteiger partial charge in [0.05, 0.1) is 0 Å². The van der Waals surface area contributed by atoms with Crippen LogP contribution in [0.2, 0.25) is 0 Å². The lowest BCUT2D eigenvalue weighted by Gasteiger charge is -2.14. The molecule has 8 heteroatoms. The van der Waals surface area contributed by atoms with Crippen LogP contribution in [0.3, 0.4) is 0 Å². The summed E-state index contributed by atoms with van der Waals surface area (Å²) in [4.78, 5) is 10.9. The molecule has 16 heavy (non-hydrogen) atoms. The second kappa shape index (κ2) is 6.07. The van der Waals surface area contributed by atoms with Crippen molar-refractivity contribution in [3.63, 3.8) is 0 Å². The van der Waals surface area contributed by atoms with Gasteiger partial charge < -0.3 is 11.1 Å². The van der Waals surface area contributed by atoms with Crippen molar-refractivity contribution in [2.24, 2.45) is 5.73 Å². The highest BCUT2D eigenvalue weighted by atomic mass is 35.5. The lowest BCUT2D eigenvalue weighted by Crippen LogP contribution is -2.49. The summed E-state index contributed by atoms with van der Waals surface area (Å²) in [6.07, 6.45) is -4.70. The molecule has 0 fully saturated rings. The molecule has 0 aliphatic heterocycles. The summed E-state index contributed by atoms with van der Waals surface area (Å²) in [6, 6.07) is -0.750. The van der Waals surface area contributed by atoms with Crippen LogP contribution in [-0.4, -0.2) is 18.1 Å². The third-order valence-electron chi connectivity index (χ3n) is 1.68. The normalized spacial score (nSPS) is 12.8. The molecule has 0 aliphatic carbocycles.